The number of allylic oxidation sites excluding steroid dienone is 4. The molecule has 1 rings (SSSR count). The van der Waals surface area contributed by atoms with E-state index in [9.17, 15) is 4.79 Å². The summed E-state index contributed by atoms with van der Waals surface area (Å²) < 4.78 is 0. The zero-order valence-corrected chi connectivity index (χ0v) is 8.98. The number of rotatable bonds is 1. The first kappa shape index (κ1) is 10.2. The highest BCUT2D eigenvalue weighted by Crippen LogP contribution is 2.30. The summed E-state index contributed by atoms with van der Waals surface area (Å²) in [5.74, 6) is 0.753. The van der Waals surface area contributed by atoms with Crippen LogP contribution >= 0.6 is 0 Å². The molecule has 1 heteroatoms. The maximum absolute atomic E-state index is 11.2. The van der Waals surface area contributed by atoms with Crippen molar-refractivity contribution in [1.29, 1.82) is 0 Å². The SMILES string of the molecule is CC(C)=C1CCC(=O)C=C1C(C)C. The molecule has 0 aromatic rings. The van der Waals surface area contributed by atoms with Gasteiger partial charge in [0.25, 0.3) is 0 Å². The van der Waals surface area contributed by atoms with Gasteiger partial charge < -0.3 is 0 Å². The second-order valence-electron chi connectivity index (χ2n) is 4.20. The molecule has 72 valence electrons. The highest BCUT2D eigenvalue weighted by molar-refractivity contribution is 5.92. The van der Waals surface area contributed by atoms with Gasteiger partial charge in [-0.05, 0) is 43.4 Å². The van der Waals surface area contributed by atoms with E-state index in [1.54, 1.807) is 0 Å². The zero-order chi connectivity index (χ0) is 10.0. The van der Waals surface area contributed by atoms with Gasteiger partial charge in [0.1, 0.15) is 0 Å². The molecule has 0 amide bonds. The number of hydrogen-bond donors (Lipinski definition) is 0. The minimum atomic E-state index is 0.286. The van der Waals surface area contributed by atoms with E-state index in [4.69, 9.17) is 0 Å². The van der Waals surface area contributed by atoms with E-state index < -0.39 is 0 Å². The van der Waals surface area contributed by atoms with Crippen molar-refractivity contribution in [2.24, 2.45) is 5.92 Å². The monoisotopic (exact) mass is 178 g/mol. The third kappa shape index (κ3) is 2.30. The molecule has 0 spiro atoms. The molecule has 0 heterocycles. The van der Waals surface area contributed by atoms with Gasteiger partial charge in [-0.2, -0.15) is 0 Å². The topological polar surface area (TPSA) is 17.1 Å². The molecule has 0 atom stereocenters. The number of ketones is 1. The van der Waals surface area contributed by atoms with Crippen molar-refractivity contribution >= 4 is 5.78 Å². The smallest absolute Gasteiger partial charge is 0.156 e. The van der Waals surface area contributed by atoms with Gasteiger partial charge in [-0.25, -0.2) is 0 Å². The molecule has 0 aliphatic heterocycles. The van der Waals surface area contributed by atoms with Crippen molar-refractivity contribution in [3.8, 4) is 0 Å². The third-order valence-corrected chi connectivity index (χ3v) is 2.51. The Morgan fingerprint density at radius 2 is 1.92 bits per heavy atom. The lowest BCUT2D eigenvalue weighted by Gasteiger charge is -2.21. The summed E-state index contributed by atoms with van der Waals surface area (Å²) >= 11 is 0. The van der Waals surface area contributed by atoms with Crippen LogP contribution in [0.2, 0.25) is 0 Å². The average Bonchev–Trinajstić information content (AvgIpc) is 2.03. The van der Waals surface area contributed by atoms with Crippen LogP contribution in [0.3, 0.4) is 0 Å². The van der Waals surface area contributed by atoms with Crippen LogP contribution in [0.1, 0.15) is 40.5 Å². The number of carbonyl (C=O) groups is 1. The predicted molar refractivity (Wildman–Crippen MR) is 55.5 cm³/mol. The normalized spacial score (nSPS) is 17.8. The van der Waals surface area contributed by atoms with Crippen LogP contribution in [0.25, 0.3) is 0 Å². The molecule has 0 fully saturated rings. The molecule has 0 bridgehead atoms. The highest BCUT2D eigenvalue weighted by Gasteiger charge is 2.18. The highest BCUT2D eigenvalue weighted by atomic mass is 16.1. The van der Waals surface area contributed by atoms with Crippen LogP contribution in [-0.2, 0) is 4.79 Å². The van der Waals surface area contributed by atoms with E-state index in [0.29, 0.717) is 12.3 Å². The quantitative estimate of drug-likeness (QED) is 0.602. The second kappa shape index (κ2) is 3.91. The van der Waals surface area contributed by atoms with Gasteiger partial charge in [-0.3, -0.25) is 4.79 Å². The molecular weight excluding hydrogens is 160 g/mol. The molecule has 1 nitrogen and oxygen atoms in total. The summed E-state index contributed by atoms with van der Waals surface area (Å²) in [5, 5.41) is 0. The molecule has 13 heavy (non-hydrogen) atoms. The zero-order valence-electron chi connectivity index (χ0n) is 8.98. The lowest BCUT2D eigenvalue weighted by atomic mass is 9.84. The minimum Gasteiger partial charge on any atom is -0.295 e. The standard InChI is InChI=1S/C12H18O/c1-8(2)11-6-5-10(13)7-12(11)9(3)4/h7,9H,5-6H2,1-4H3. The fourth-order valence-electron chi connectivity index (χ4n) is 1.78. The summed E-state index contributed by atoms with van der Waals surface area (Å²) in [4.78, 5) is 11.2. The Kier molecular flexibility index (Phi) is 3.07. The first-order valence-electron chi connectivity index (χ1n) is 4.93. The molecule has 1 aliphatic carbocycles. The van der Waals surface area contributed by atoms with Gasteiger partial charge >= 0.3 is 0 Å². The Morgan fingerprint density at radius 3 is 2.38 bits per heavy atom. The Bertz CT molecular complexity index is 275. The van der Waals surface area contributed by atoms with Crippen LogP contribution in [0.5, 0.6) is 0 Å². The first-order valence-corrected chi connectivity index (χ1v) is 4.93. The van der Waals surface area contributed by atoms with Gasteiger partial charge in [0.2, 0.25) is 0 Å². The summed E-state index contributed by atoms with van der Waals surface area (Å²) in [7, 11) is 0. The summed E-state index contributed by atoms with van der Waals surface area (Å²) in [6, 6.07) is 0. The van der Waals surface area contributed by atoms with Crippen LogP contribution < -0.4 is 0 Å². The van der Waals surface area contributed by atoms with Crippen molar-refractivity contribution in [3.63, 3.8) is 0 Å². The van der Waals surface area contributed by atoms with Crippen molar-refractivity contribution in [1.82, 2.24) is 0 Å². The molecule has 1 aliphatic rings. The number of carbonyl (C=O) groups excluding carboxylic acids is 1. The van der Waals surface area contributed by atoms with Crippen molar-refractivity contribution in [3.05, 3.63) is 22.8 Å². The van der Waals surface area contributed by atoms with Gasteiger partial charge in [-0.1, -0.05) is 19.4 Å². The van der Waals surface area contributed by atoms with E-state index in [1.165, 1.54) is 16.7 Å². The van der Waals surface area contributed by atoms with Gasteiger partial charge in [-0.15, -0.1) is 0 Å². The Labute approximate surface area is 80.5 Å². The van der Waals surface area contributed by atoms with Crippen LogP contribution in [-0.4, -0.2) is 5.78 Å². The molecular formula is C12H18O. The molecule has 0 aromatic heterocycles. The van der Waals surface area contributed by atoms with E-state index in [-0.39, 0.29) is 5.78 Å². The molecule has 0 aromatic carbocycles. The molecule has 0 N–H and O–H groups in total. The molecule has 0 radical (unpaired) electrons. The van der Waals surface area contributed by atoms with Crippen molar-refractivity contribution in [2.45, 2.75) is 40.5 Å². The van der Waals surface area contributed by atoms with Gasteiger partial charge in [0, 0.05) is 6.42 Å². The summed E-state index contributed by atoms with van der Waals surface area (Å²) in [6.45, 7) is 8.55. The molecule has 0 saturated carbocycles. The maximum Gasteiger partial charge on any atom is 0.156 e. The minimum absolute atomic E-state index is 0.286. The third-order valence-electron chi connectivity index (χ3n) is 2.51. The lowest BCUT2D eigenvalue weighted by Crippen LogP contribution is -2.10. The maximum atomic E-state index is 11.2. The Morgan fingerprint density at radius 1 is 1.31 bits per heavy atom. The van der Waals surface area contributed by atoms with E-state index >= 15 is 0 Å². The predicted octanol–water partition coefficient (Wildman–Crippen LogP) is 3.27. The van der Waals surface area contributed by atoms with Crippen LogP contribution in [0, 0.1) is 5.92 Å². The van der Waals surface area contributed by atoms with Crippen LogP contribution in [0.4, 0.5) is 0 Å². The second-order valence-corrected chi connectivity index (χ2v) is 4.20. The van der Waals surface area contributed by atoms with Crippen LogP contribution in [0.15, 0.2) is 22.8 Å². The summed E-state index contributed by atoms with van der Waals surface area (Å²) in [6.07, 6.45) is 3.46. The molecule has 0 unspecified atom stereocenters. The van der Waals surface area contributed by atoms with Crippen molar-refractivity contribution < 1.29 is 4.79 Å². The Balaban J connectivity index is 3.08. The summed E-state index contributed by atoms with van der Waals surface area (Å²) in [5.41, 5.74) is 4.00. The average molecular weight is 178 g/mol. The lowest BCUT2D eigenvalue weighted by molar-refractivity contribution is -0.114. The van der Waals surface area contributed by atoms with Crippen molar-refractivity contribution in [2.75, 3.05) is 0 Å². The first-order chi connectivity index (χ1) is 6.02. The van der Waals surface area contributed by atoms with Gasteiger partial charge in [0.05, 0.1) is 0 Å². The number of hydrogen-bond acceptors (Lipinski definition) is 1. The van der Waals surface area contributed by atoms with E-state index in [0.717, 1.165) is 6.42 Å². The fourth-order valence-corrected chi connectivity index (χ4v) is 1.78. The van der Waals surface area contributed by atoms with Gasteiger partial charge in [0.15, 0.2) is 5.78 Å². The molecule has 0 saturated heterocycles. The fraction of sp³-hybridized carbons (Fsp3) is 0.583. The van der Waals surface area contributed by atoms with E-state index in [1.807, 2.05) is 6.08 Å². The van der Waals surface area contributed by atoms with E-state index in [2.05, 4.69) is 27.7 Å². The Hall–Kier alpha value is -0.850. The largest absolute Gasteiger partial charge is 0.295 e.